The summed E-state index contributed by atoms with van der Waals surface area (Å²) in [6, 6.07) is 5.96. The van der Waals surface area contributed by atoms with Gasteiger partial charge in [0.1, 0.15) is 11.6 Å². The Morgan fingerprint density at radius 1 is 1.35 bits per heavy atom. The molecule has 0 aliphatic carbocycles. The smallest absolute Gasteiger partial charge is 0.120 e. The van der Waals surface area contributed by atoms with Crippen molar-refractivity contribution in [2.45, 2.75) is 39.7 Å². The van der Waals surface area contributed by atoms with Gasteiger partial charge in [0.25, 0.3) is 0 Å². The van der Waals surface area contributed by atoms with Crippen molar-refractivity contribution in [3.8, 4) is 5.75 Å². The monoisotopic (exact) mass is 292 g/mol. The lowest BCUT2D eigenvalue weighted by atomic mass is 10.1. The minimum absolute atomic E-state index is 0.750. The molecule has 0 saturated heterocycles. The number of benzene rings is 1. The fraction of sp³-hybridized carbons (Fsp3) is 0.438. The number of imidazole rings is 1. The van der Waals surface area contributed by atoms with Gasteiger partial charge in [-0.05, 0) is 37.5 Å². The van der Waals surface area contributed by atoms with Crippen LogP contribution in [0.15, 0.2) is 30.6 Å². The molecule has 0 aliphatic rings. The van der Waals surface area contributed by atoms with Gasteiger partial charge in [-0.2, -0.15) is 0 Å². The number of rotatable bonds is 7. The van der Waals surface area contributed by atoms with Gasteiger partial charge in [0.2, 0.25) is 0 Å². The molecule has 2 rings (SSSR count). The van der Waals surface area contributed by atoms with Crippen LogP contribution in [0.3, 0.4) is 0 Å². The maximum atomic E-state index is 6.32. The summed E-state index contributed by atoms with van der Waals surface area (Å²) in [6.45, 7) is 5.80. The maximum Gasteiger partial charge on any atom is 0.120 e. The zero-order valence-corrected chi connectivity index (χ0v) is 12.9. The van der Waals surface area contributed by atoms with Gasteiger partial charge in [-0.25, -0.2) is 4.98 Å². The molecule has 1 aromatic heterocycles. The molecule has 0 radical (unpaired) electrons. The standard InChI is InChI=1S/C16H21ClN2O/c1-3-4-11-20-15-6-5-14(16(17)12-15)7-9-19-10-8-18-13(19)2/h5-6,8,10,12H,3-4,7,9,11H2,1-2H3. The van der Waals surface area contributed by atoms with Crippen LogP contribution in [-0.4, -0.2) is 16.2 Å². The molecule has 0 saturated carbocycles. The number of aryl methyl sites for hydroxylation is 3. The number of hydrogen-bond acceptors (Lipinski definition) is 2. The summed E-state index contributed by atoms with van der Waals surface area (Å²) in [5.74, 6) is 1.88. The first-order valence-corrected chi connectivity index (χ1v) is 7.47. The molecule has 0 unspecified atom stereocenters. The normalized spacial score (nSPS) is 10.8. The van der Waals surface area contributed by atoms with E-state index in [2.05, 4.69) is 22.5 Å². The first-order valence-electron chi connectivity index (χ1n) is 7.09. The van der Waals surface area contributed by atoms with Gasteiger partial charge in [-0.15, -0.1) is 0 Å². The molecule has 0 bridgehead atoms. The van der Waals surface area contributed by atoms with E-state index in [4.69, 9.17) is 16.3 Å². The van der Waals surface area contributed by atoms with Crippen molar-refractivity contribution >= 4 is 11.6 Å². The van der Waals surface area contributed by atoms with E-state index >= 15 is 0 Å². The van der Waals surface area contributed by atoms with Gasteiger partial charge in [-0.3, -0.25) is 0 Å². The zero-order chi connectivity index (χ0) is 14.4. The molecule has 0 atom stereocenters. The lowest BCUT2D eigenvalue weighted by Gasteiger charge is -2.10. The molecule has 0 N–H and O–H groups in total. The van der Waals surface area contributed by atoms with Gasteiger partial charge in [0.15, 0.2) is 0 Å². The lowest BCUT2D eigenvalue weighted by Crippen LogP contribution is -2.03. The molecule has 20 heavy (non-hydrogen) atoms. The van der Waals surface area contributed by atoms with Gasteiger partial charge in [-0.1, -0.05) is 31.0 Å². The second-order valence-electron chi connectivity index (χ2n) is 4.87. The molecule has 0 aliphatic heterocycles. The minimum atomic E-state index is 0.750. The SMILES string of the molecule is CCCCOc1ccc(CCn2ccnc2C)c(Cl)c1. The van der Waals surface area contributed by atoms with Crippen LogP contribution in [0.2, 0.25) is 5.02 Å². The molecule has 1 aromatic carbocycles. The molecule has 0 amide bonds. The Morgan fingerprint density at radius 2 is 2.20 bits per heavy atom. The Morgan fingerprint density at radius 3 is 2.85 bits per heavy atom. The summed E-state index contributed by atoms with van der Waals surface area (Å²) in [6.07, 6.45) is 6.91. The highest BCUT2D eigenvalue weighted by atomic mass is 35.5. The molecular formula is C16H21ClN2O. The highest BCUT2D eigenvalue weighted by Gasteiger charge is 2.04. The third-order valence-electron chi connectivity index (χ3n) is 3.34. The van der Waals surface area contributed by atoms with Crippen molar-refractivity contribution in [3.05, 3.63) is 47.0 Å². The molecule has 2 aromatic rings. The first-order chi connectivity index (χ1) is 9.70. The summed E-state index contributed by atoms with van der Waals surface area (Å²) in [7, 11) is 0. The average Bonchev–Trinajstić information content (AvgIpc) is 2.84. The molecule has 0 spiro atoms. The predicted molar refractivity (Wildman–Crippen MR) is 82.5 cm³/mol. The van der Waals surface area contributed by atoms with Gasteiger partial charge < -0.3 is 9.30 Å². The van der Waals surface area contributed by atoms with Gasteiger partial charge in [0.05, 0.1) is 6.61 Å². The Hall–Kier alpha value is -1.48. The van der Waals surface area contributed by atoms with Crippen LogP contribution in [0.1, 0.15) is 31.2 Å². The van der Waals surface area contributed by atoms with E-state index in [0.717, 1.165) is 54.6 Å². The molecular weight excluding hydrogens is 272 g/mol. The molecule has 3 nitrogen and oxygen atoms in total. The van der Waals surface area contributed by atoms with Crippen molar-refractivity contribution in [3.63, 3.8) is 0 Å². The van der Waals surface area contributed by atoms with E-state index in [0.29, 0.717) is 0 Å². The van der Waals surface area contributed by atoms with Crippen LogP contribution < -0.4 is 4.74 Å². The summed E-state index contributed by atoms with van der Waals surface area (Å²) in [5, 5.41) is 0.775. The molecule has 4 heteroatoms. The van der Waals surface area contributed by atoms with Crippen LogP contribution >= 0.6 is 11.6 Å². The van der Waals surface area contributed by atoms with Crippen LogP contribution in [0.25, 0.3) is 0 Å². The topological polar surface area (TPSA) is 27.1 Å². The van der Waals surface area contributed by atoms with Crippen LogP contribution in [0.4, 0.5) is 0 Å². The largest absolute Gasteiger partial charge is 0.494 e. The highest BCUT2D eigenvalue weighted by Crippen LogP contribution is 2.23. The fourth-order valence-electron chi connectivity index (χ4n) is 2.04. The molecule has 1 heterocycles. The summed E-state index contributed by atoms with van der Waals surface area (Å²) in [4.78, 5) is 4.22. The highest BCUT2D eigenvalue weighted by molar-refractivity contribution is 6.31. The summed E-state index contributed by atoms with van der Waals surface area (Å²) >= 11 is 6.32. The molecule has 0 fully saturated rings. The van der Waals surface area contributed by atoms with Gasteiger partial charge in [0, 0.05) is 24.0 Å². The quantitative estimate of drug-likeness (QED) is 0.713. The van der Waals surface area contributed by atoms with E-state index in [1.165, 1.54) is 0 Å². The van der Waals surface area contributed by atoms with Crippen molar-refractivity contribution < 1.29 is 4.74 Å². The fourth-order valence-corrected chi connectivity index (χ4v) is 2.30. The summed E-state index contributed by atoms with van der Waals surface area (Å²) in [5.41, 5.74) is 1.14. The Balaban J connectivity index is 1.94. The van der Waals surface area contributed by atoms with Crippen molar-refractivity contribution in [2.24, 2.45) is 0 Å². The number of halogens is 1. The number of nitrogens with zero attached hydrogens (tertiary/aromatic N) is 2. The number of hydrogen-bond donors (Lipinski definition) is 0. The summed E-state index contributed by atoms with van der Waals surface area (Å²) < 4.78 is 7.78. The first kappa shape index (κ1) is 14.9. The van der Waals surface area contributed by atoms with Crippen molar-refractivity contribution in [1.29, 1.82) is 0 Å². The van der Waals surface area contributed by atoms with E-state index < -0.39 is 0 Å². The van der Waals surface area contributed by atoms with E-state index in [1.807, 2.05) is 31.5 Å². The lowest BCUT2D eigenvalue weighted by molar-refractivity contribution is 0.309. The van der Waals surface area contributed by atoms with E-state index in [-0.39, 0.29) is 0 Å². The minimum Gasteiger partial charge on any atom is -0.494 e. The number of unbranched alkanes of at least 4 members (excludes halogenated alkanes) is 1. The Labute approximate surface area is 125 Å². The van der Waals surface area contributed by atoms with Crippen LogP contribution in [0, 0.1) is 6.92 Å². The van der Waals surface area contributed by atoms with Crippen LogP contribution in [-0.2, 0) is 13.0 Å². The van der Waals surface area contributed by atoms with Crippen molar-refractivity contribution in [1.82, 2.24) is 9.55 Å². The third-order valence-corrected chi connectivity index (χ3v) is 3.69. The van der Waals surface area contributed by atoms with E-state index in [9.17, 15) is 0 Å². The van der Waals surface area contributed by atoms with Crippen LogP contribution in [0.5, 0.6) is 5.75 Å². The maximum absolute atomic E-state index is 6.32. The second-order valence-corrected chi connectivity index (χ2v) is 5.28. The number of aromatic nitrogens is 2. The predicted octanol–water partition coefficient (Wildman–Crippen LogP) is 4.27. The van der Waals surface area contributed by atoms with Crippen molar-refractivity contribution in [2.75, 3.05) is 6.61 Å². The third kappa shape index (κ3) is 4.01. The van der Waals surface area contributed by atoms with Gasteiger partial charge >= 0.3 is 0 Å². The average molecular weight is 293 g/mol. The van der Waals surface area contributed by atoms with E-state index in [1.54, 1.807) is 0 Å². The molecule has 108 valence electrons. The Kier molecular flexibility index (Phi) is 5.48. The second kappa shape index (κ2) is 7.34. The zero-order valence-electron chi connectivity index (χ0n) is 12.1. The number of ether oxygens (including phenoxy) is 1. The Bertz CT molecular complexity index is 551.